The number of ether oxygens (including phenoxy) is 1. The van der Waals surface area contributed by atoms with Gasteiger partial charge in [-0.2, -0.15) is 0 Å². The number of carbonyl (C=O) groups is 2. The second-order valence-corrected chi connectivity index (χ2v) is 4.44. The molecule has 0 unspecified atom stereocenters. The Morgan fingerprint density at radius 1 is 1.55 bits per heavy atom. The molecule has 0 radical (unpaired) electrons. The van der Waals surface area contributed by atoms with E-state index in [2.05, 4.69) is 10.3 Å². The number of carboxylic acids is 1. The summed E-state index contributed by atoms with van der Waals surface area (Å²) >= 11 is 5.96. The third kappa shape index (κ3) is 4.67. The molecular weight excluding hydrogens is 286 g/mol. The summed E-state index contributed by atoms with van der Waals surface area (Å²) in [5.74, 6) is -0.964. The minimum absolute atomic E-state index is 0.00306. The number of nitrogens with one attached hydrogen (secondary N) is 1. The number of amides is 1. The molecule has 0 saturated heterocycles. The van der Waals surface area contributed by atoms with Gasteiger partial charge >= 0.3 is 5.97 Å². The van der Waals surface area contributed by atoms with Crippen LogP contribution in [0.2, 0.25) is 5.02 Å². The molecule has 8 heteroatoms. The van der Waals surface area contributed by atoms with Gasteiger partial charge in [-0.05, 0) is 6.07 Å². The van der Waals surface area contributed by atoms with E-state index in [-0.39, 0.29) is 23.0 Å². The lowest BCUT2D eigenvalue weighted by Crippen LogP contribution is -2.37. The van der Waals surface area contributed by atoms with Crippen molar-refractivity contribution in [3.8, 4) is 0 Å². The molecule has 0 spiro atoms. The third-order valence-electron chi connectivity index (χ3n) is 2.44. The number of anilines is 1. The van der Waals surface area contributed by atoms with E-state index in [9.17, 15) is 9.59 Å². The van der Waals surface area contributed by atoms with Crippen LogP contribution < -0.4 is 10.2 Å². The number of methoxy groups -OCH3 is 1. The number of hydrogen-bond acceptors (Lipinski definition) is 5. The highest BCUT2D eigenvalue weighted by Crippen LogP contribution is 2.22. The summed E-state index contributed by atoms with van der Waals surface area (Å²) in [5.41, 5.74) is -0.00306. The summed E-state index contributed by atoms with van der Waals surface area (Å²) < 4.78 is 4.82. The molecule has 0 bridgehead atoms. The summed E-state index contributed by atoms with van der Waals surface area (Å²) in [4.78, 5) is 27.9. The first kappa shape index (κ1) is 16.2. The molecule has 2 N–H and O–H groups in total. The summed E-state index contributed by atoms with van der Waals surface area (Å²) in [6.45, 7) is 0.910. The van der Waals surface area contributed by atoms with E-state index in [1.807, 2.05) is 0 Å². The van der Waals surface area contributed by atoms with Crippen LogP contribution in [0.4, 0.5) is 5.82 Å². The van der Waals surface area contributed by atoms with E-state index < -0.39 is 5.97 Å². The van der Waals surface area contributed by atoms with E-state index in [1.54, 1.807) is 14.2 Å². The van der Waals surface area contributed by atoms with Crippen LogP contribution in [0.25, 0.3) is 0 Å². The maximum absolute atomic E-state index is 11.6. The molecule has 7 nitrogen and oxygen atoms in total. The second kappa shape index (κ2) is 7.66. The molecule has 110 valence electrons. The quantitative estimate of drug-likeness (QED) is 0.718. The van der Waals surface area contributed by atoms with Crippen LogP contribution in [0.3, 0.4) is 0 Å². The molecule has 1 heterocycles. The van der Waals surface area contributed by atoms with E-state index >= 15 is 0 Å². The van der Waals surface area contributed by atoms with Gasteiger partial charge in [-0.15, -0.1) is 0 Å². The Morgan fingerprint density at radius 2 is 2.25 bits per heavy atom. The fourth-order valence-electron chi connectivity index (χ4n) is 1.47. The molecule has 1 amide bonds. The van der Waals surface area contributed by atoms with Gasteiger partial charge in [0.15, 0.2) is 0 Å². The van der Waals surface area contributed by atoms with Crippen molar-refractivity contribution in [3.05, 3.63) is 22.8 Å². The van der Waals surface area contributed by atoms with E-state index in [1.165, 1.54) is 17.2 Å². The number of carboxylic acid groups (broad SMARTS) is 1. The zero-order valence-electron chi connectivity index (χ0n) is 11.2. The minimum Gasteiger partial charge on any atom is -0.478 e. The highest BCUT2D eigenvalue weighted by molar-refractivity contribution is 6.33. The first-order chi connectivity index (χ1) is 9.45. The van der Waals surface area contributed by atoms with Crippen LogP contribution in [0.5, 0.6) is 0 Å². The van der Waals surface area contributed by atoms with Crippen molar-refractivity contribution in [1.82, 2.24) is 10.3 Å². The van der Waals surface area contributed by atoms with Gasteiger partial charge in [0.25, 0.3) is 0 Å². The van der Waals surface area contributed by atoms with Gasteiger partial charge in [0.1, 0.15) is 5.82 Å². The fraction of sp³-hybridized carbons (Fsp3) is 0.417. The van der Waals surface area contributed by atoms with Gasteiger partial charge in [0, 0.05) is 26.9 Å². The van der Waals surface area contributed by atoms with Crippen molar-refractivity contribution in [3.63, 3.8) is 0 Å². The average Bonchev–Trinajstić information content (AvgIpc) is 2.38. The van der Waals surface area contributed by atoms with Crippen LogP contribution in [0, 0.1) is 0 Å². The lowest BCUT2D eigenvalue weighted by molar-refractivity contribution is -0.119. The van der Waals surface area contributed by atoms with Crippen LogP contribution in [0.15, 0.2) is 12.3 Å². The monoisotopic (exact) mass is 301 g/mol. The summed E-state index contributed by atoms with van der Waals surface area (Å²) in [7, 11) is 3.19. The Morgan fingerprint density at radius 3 is 2.80 bits per heavy atom. The van der Waals surface area contributed by atoms with Crippen molar-refractivity contribution in [2.24, 2.45) is 0 Å². The van der Waals surface area contributed by atoms with Crippen LogP contribution in [-0.2, 0) is 9.53 Å². The summed E-state index contributed by atoms with van der Waals surface area (Å²) in [6, 6.07) is 1.30. The van der Waals surface area contributed by atoms with E-state index in [0.29, 0.717) is 19.0 Å². The maximum Gasteiger partial charge on any atom is 0.337 e. The summed E-state index contributed by atoms with van der Waals surface area (Å²) in [5, 5.41) is 11.7. The van der Waals surface area contributed by atoms with Gasteiger partial charge in [-0.3, -0.25) is 4.79 Å². The Hall–Kier alpha value is -1.86. The second-order valence-electron chi connectivity index (χ2n) is 4.03. The van der Waals surface area contributed by atoms with Gasteiger partial charge in [-0.1, -0.05) is 11.6 Å². The summed E-state index contributed by atoms with van der Waals surface area (Å²) in [6.07, 6.45) is 1.20. The molecule has 0 atom stereocenters. The average molecular weight is 302 g/mol. The number of likely N-dealkylation sites (N-methyl/N-ethyl adjacent to an activating group) is 1. The molecular formula is C12H16ClN3O4. The number of hydrogen-bond donors (Lipinski definition) is 2. The standard InChI is InChI=1S/C12H16ClN3O4/c1-16(7-10(17)14-3-4-20-2)11-9(13)5-8(6-15-11)12(18)19/h5-6H,3-4,7H2,1-2H3,(H,14,17)(H,18,19). The highest BCUT2D eigenvalue weighted by atomic mass is 35.5. The Labute approximate surface area is 121 Å². The Bertz CT molecular complexity index is 496. The van der Waals surface area contributed by atoms with Crippen molar-refractivity contribution in [2.75, 3.05) is 38.8 Å². The Balaban J connectivity index is 2.65. The number of nitrogens with zero attached hydrogens (tertiary/aromatic N) is 2. The molecule has 0 aliphatic rings. The van der Waals surface area contributed by atoms with Gasteiger partial charge < -0.3 is 20.1 Å². The molecule has 0 fully saturated rings. The zero-order chi connectivity index (χ0) is 15.1. The SMILES string of the molecule is COCCNC(=O)CN(C)c1ncc(C(=O)O)cc1Cl. The molecule has 1 rings (SSSR count). The van der Waals surface area contributed by atoms with Gasteiger partial charge in [0.05, 0.1) is 23.7 Å². The first-order valence-corrected chi connectivity index (χ1v) is 6.19. The molecule has 1 aromatic heterocycles. The topological polar surface area (TPSA) is 91.8 Å². The lowest BCUT2D eigenvalue weighted by atomic mass is 10.3. The highest BCUT2D eigenvalue weighted by Gasteiger charge is 2.14. The van der Waals surface area contributed by atoms with E-state index in [0.717, 1.165) is 0 Å². The van der Waals surface area contributed by atoms with Crippen molar-refractivity contribution >= 4 is 29.3 Å². The van der Waals surface area contributed by atoms with Crippen LogP contribution >= 0.6 is 11.6 Å². The molecule has 0 saturated carbocycles. The first-order valence-electron chi connectivity index (χ1n) is 5.81. The van der Waals surface area contributed by atoms with Gasteiger partial charge in [-0.25, -0.2) is 9.78 Å². The normalized spacial score (nSPS) is 10.2. The maximum atomic E-state index is 11.6. The number of halogens is 1. The Kier molecular flexibility index (Phi) is 6.20. The van der Waals surface area contributed by atoms with Crippen molar-refractivity contribution in [2.45, 2.75) is 0 Å². The number of rotatable bonds is 7. The largest absolute Gasteiger partial charge is 0.478 e. The predicted octanol–water partition coefficient (Wildman–Crippen LogP) is 0.632. The van der Waals surface area contributed by atoms with Gasteiger partial charge in [0.2, 0.25) is 5.91 Å². The molecule has 0 aliphatic carbocycles. The molecule has 1 aromatic rings. The molecule has 0 aliphatic heterocycles. The number of aromatic carboxylic acids is 1. The fourth-order valence-corrected chi connectivity index (χ4v) is 1.78. The van der Waals surface area contributed by atoms with Crippen LogP contribution in [0.1, 0.15) is 10.4 Å². The predicted molar refractivity (Wildman–Crippen MR) is 74.4 cm³/mol. The van der Waals surface area contributed by atoms with E-state index in [4.69, 9.17) is 21.4 Å². The molecule has 0 aromatic carbocycles. The number of aromatic nitrogens is 1. The minimum atomic E-state index is -1.11. The molecule has 20 heavy (non-hydrogen) atoms. The van der Waals surface area contributed by atoms with Crippen molar-refractivity contribution in [1.29, 1.82) is 0 Å². The third-order valence-corrected chi connectivity index (χ3v) is 2.72. The number of carbonyl (C=O) groups excluding carboxylic acids is 1. The van der Waals surface area contributed by atoms with Crippen molar-refractivity contribution < 1.29 is 19.4 Å². The zero-order valence-corrected chi connectivity index (χ0v) is 12.0. The number of pyridine rings is 1. The van der Waals surface area contributed by atoms with Crippen LogP contribution in [-0.4, -0.2) is 55.8 Å². The smallest absolute Gasteiger partial charge is 0.337 e. The lowest BCUT2D eigenvalue weighted by Gasteiger charge is -2.18.